The van der Waals surface area contributed by atoms with E-state index in [9.17, 15) is 9.90 Å². The highest BCUT2D eigenvalue weighted by molar-refractivity contribution is 5.85. The van der Waals surface area contributed by atoms with Crippen molar-refractivity contribution in [3.8, 4) is 0 Å². The van der Waals surface area contributed by atoms with E-state index in [-0.39, 0.29) is 29.8 Å². The molecule has 1 amide bonds. The molecule has 22 heavy (non-hydrogen) atoms. The number of nitrogens with two attached hydrogens (primary N) is 1. The minimum Gasteiger partial charge on any atom is -0.392 e. The predicted octanol–water partition coefficient (Wildman–Crippen LogP) is 2.47. The number of halogens is 1. The molecule has 4 nitrogen and oxygen atoms in total. The Balaban J connectivity index is 0.00000242. The molecule has 0 aliphatic heterocycles. The number of hydrogen-bond acceptors (Lipinski definition) is 3. The number of aryl methyl sites for hydroxylation is 1. The Kier molecular flexibility index (Phi) is 6.85. The van der Waals surface area contributed by atoms with Crippen LogP contribution in [-0.2, 0) is 4.79 Å². The number of amides is 1. The van der Waals surface area contributed by atoms with Crippen molar-refractivity contribution >= 4 is 18.3 Å². The van der Waals surface area contributed by atoms with Crippen LogP contribution in [0.25, 0.3) is 0 Å². The van der Waals surface area contributed by atoms with Gasteiger partial charge in [-0.25, -0.2) is 0 Å². The van der Waals surface area contributed by atoms with E-state index in [4.69, 9.17) is 5.73 Å². The van der Waals surface area contributed by atoms with Crippen LogP contribution in [0.2, 0.25) is 0 Å². The molecular formula is C17H27ClN2O2. The second-order valence-electron chi connectivity index (χ2n) is 6.52. The van der Waals surface area contributed by atoms with Crippen LogP contribution in [0.1, 0.15) is 49.8 Å². The number of aliphatic hydroxyl groups excluding tert-OH is 1. The molecule has 3 atom stereocenters. The van der Waals surface area contributed by atoms with Gasteiger partial charge in [0.05, 0.1) is 6.10 Å². The summed E-state index contributed by atoms with van der Waals surface area (Å²) in [5.41, 5.74) is 7.73. The van der Waals surface area contributed by atoms with Gasteiger partial charge in [0.2, 0.25) is 5.91 Å². The first kappa shape index (κ1) is 18.9. The van der Waals surface area contributed by atoms with Gasteiger partial charge in [-0.3, -0.25) is 4.79 Å². The first-order chi connectivity index (χ1) is 9.92. The quantitative estimate of drug-likeness (QED) is 0.795. The molecule has 1 fully saturated rings. The summed E-state index contributed by atoms with van der Waals surface area (Å²) in [6.45, 7) is 4.52. The van der Waals surface area contributed by atoms with Crippen molar-refractivity contribution in [2.45, 2.75) is 51.7 Å². The van der Waals surface area contributed by atoms with Gasteiger partial charge in [-0.1, -0.05) is 49.6 Å². The molecule has 3 unspecified atom stereocenters. The van der Waals surface area contributed by atoms with E-state index >= 15 is 0 Å². The zero-order valence-corrected chi connectivity index (χ0v) is 14.2. The highest BCUT2D eigenvalue weighted by atomic mass is 35.5. The maximum absolute atomic E-state index is 12.2. The van der Waals surface area contributed by atoms with Crippen LogP contribution in [0.15, 0.2) is 24.3 Å². The second-order valence-corrected chi connectivity index (χ2v) is 6.52. The van der Waals surface area contributed by atoms with Gasteiger partial charge < -0.3 is 16.2 Å². The summed E-state index contributed by atoms with van der Waals surface area (Å²) in [5, 5.41) is 13.1. The molecule has 0 saturated heterocycles. The molecule has 0 aromatic heterocycles. The van der Waals surface area contributed by atoms with Crippen LogP contribution in [0, 0.1) is 12.3 Å². The van der Waals surface area contributed by atoms with Crippen LogP contribution in [0.3, 0.4) is 0 Å². The van der Waals surface area contributed by atoms with Crippen molar-refractivity contribution in [2.24, 2.45) is 11.1 Å². The summed E-state index contributed by atoms with van der Waals surface area (Å²) in [6, 6.07) is 7.02. The van der Waals surface area contributed by atoms with Crippen molar-refractivity contribution < 1.29 is 9.90 Å². The topological polar surface area (TPSA) is 75.4 Å². The summed E-state index contributed by atoms with van der Waals surface area (Å²) < 4.78 is 0. The van der Waals surface area contributed by atoms with Crippen molar-refractivity contribution in [2.75, 3.05) is 6.54 Å². The average Bonchev–Trinajstić information content (AvgIpc) is 2.48. The van der Waals surface area contributed by atoms with E-state index in [1.165, 1.54) is 0 Å². The summed E-state index contributed by atoms with van der Waals surface area (Å²) in [5.74, 6) is -0.183. The molecule has 5 heteroatoms. The summed E-state index contributed by atoms with van der Waals surface area (Å²) >= 11 is 0. The first-order valence-corrected chi connectivity index (χ1v) is 7.70. The fraction of sp³-hybridized carbons (Fsp3) is 0.588. The Morgan fingerprint density at radius 1 is 1.41 bits per heavy atom. The molecule has 1 aliphatic rings. The van der Waals surface area contributed by atoms with Gasteiger partial charge in [0.1, 0.15) is 6.04 Å². The van der Waals surface area contributed by atoms with Gasteiger partial charge in [0.15, 0.2) is 0 Å². The molecule has 0 bridgehead atoms. The molecule has 1 aliphatic carbocycles. The van der Waals surface area contributed by atoms with Gasteiger partial charge in [0, 0.05) is 12.0 Å². The van der Waals surface area contributed by atoms with E-state index < -0.39 is 6.04 Å². The van der Waals surface area contributed by atoms with Gasteiger partial charge >= 0.3 is 0 Å². The SMILES string of the molecule is Cc1ccc(C(N)C(=O)NCC2(C)CCCCC2O)cc1.Cl. The van der Waals surface area contributed by atoms with E-state index in [2.05, 4.69) is 5.32 Å². The van der Waals surface area contributed by atoms with E-state index in [0.29, 0.717) is 6.54 Å². The summed E-state index contributed by atoms with van der Waals surface area (Å²) in [6.07, 6.45) is 3.58. The Bertz CT molecular complexity index is 492. The monoisotopic (exact) mass is 326 g/mol. The maximum atomic E-state index is 12.2. The lowest BCUT2D eigenvalue weighted by Crippen LogP contribution is -2.47. The van der Waals surface area contributed by atoms with E-state index in [1.807, 2.05) is 38.1 Å². The molecule has 0 radical (unpaired) electrons. The van der Waals surface area contributed by atoms with Crippen LogP contribution >= 0.6 is 12.4 Å². The van der Waals surface area contributed by atoms with Crippen LogP contribution in [0.5, 0.6) is 0 Å². The number of carbonyl (C=O) groups excluding carboxylic acids is 1. The Hall–Kier alpha value is -1.10. The van der Waals surface area contributed by atoms with Gasteiger partial charge in [-0.2, -0.15) is 0 Å². The highest BCUT2D eigenvalue weighted by Gasteiger charge is 2.35. The van der Waals surface area contributed by atoms with Crippen molar-refractivity contribution in [3.63, 3.8) is 0 Å². The zero-order chi connectivity index (χ0) is 15.5. The van der Waals surface area contributed by atoms with Gasteiger partial charge in [0.25, 0.3) is 0 Å². The third kappa shape index (κ3) is 4.45. The lowest BCUT2D eigenvalue weighted by Gasteiger charge is -2.38. The lowest BCUT2D eigenvalue weighted by atomic mass is 9.73. The molecule has 1 saturated carbocycles. The fourth-order valence-corrected chi connectivity index (χ4v) is 2.91. The molecule has 1 aromatic rings. The summed E-state index contributed by atoms with van der Waals surface area (Å²) in [7, 11) is 0. The molecular weight excluding hydrogens is 300 g/mol. The first-order valence-electron chi connectivity index (χ1n) is 7.70. The third-order valence-electron chi connectivity index (χ3n) is 4.67. The number of hydrogen-bond donors (Lipinski definition) is 3. The highest BCUT2D eigenvalue weighted by Crippen LogP contribution is 2.35. The lowest BCUT2D eigenvalue weighted by molar-refractivity contribution is -0.123. The van der Waals surface area contributed by atoms with Crippen molar-refractivity contribution in [1.82, 2.24) is 5.32 Å². The third-order valence-corrected chi connectivity index (χ3v) is 4.67. The minimum atomic E-state index is -0.657. The standard InChI is InChI=1S/C17H26N2O2.ClH/c1-12-6-8-13(9-7-12)15(18)16(21)19-11-17(2)10-4-3-5-14(17)20;/h6-9,14-15,20H,3-5,10-11,18H2,1-2H3,(H,19,21);1H. The number of nitrogens with one attached hydrogen (secondary N) is 1. The predicted molar refractivity (Wildman–Crippen MR) is 90.9 cm³/mol. The number of aliphatic hydroxyl groups is 1. The van der Waals surface area contributed by atoms with Crippen molar-refractivity contribution in [1.29, 1.82) is 0 Å². The normalized spacial score (nSPS) is 25.9. The number of rotatable bonds is 4. The average molecular weight is 327 g/mol. The van der Waals surface area contributed by atoms with Crippen molar-refractivity contribution in [3.05, 3.63) is 35.4 Å². The number of carbonyl (C=O) groups is 1. The Morgan fingerprint density at radius 3 is 2.64 bits per heavy atom. The summed E-state index contributed by atoms with van der Waals surface area (Å²) in [4.78, 5) is 12.2. The van der Waals surface area contributed by atoms with Crippen LogP contribution < -0.4 is 11.1 Å². The molecule has 0 spiro atoms. The second kappa shape index (κ2) is 7.95. The van der Waals surface area contributed by atoms with Crippen LogP contribution in [0.4, 0.5) is 0 Å². The van der Waals surface area contributed by atoms with Gasteiger partial charge in [-0.15, -0.1) is 12.4 Å². The van der Waals surface area contributed by atoms with E-state index in [1.54, 1.807) is 0 Å². The molecule has 0 heterocycles. The largest absolute Gasteiger partial charge is 0.392 e. The molecule has 1 aromatic carbocycles. The smallest absolute Gasteiger partial charge is 0.241 e. The molecule has 2 rings (SSSR count). The van der Waals surface area contributed by atoms with Crippen LogP contribution in [-0.4, -0.2) is 23.7 Å². The molecule has 4 N–H and O–H groups in total. The van der Waals surface area contributed by atoms with Gasteiger partial charge in [-0.05, 0) is 25.3 Å². The number of benzene rings is 1. The Labute approximate surface area is 138 Å². The zero-order valence-electron chi connectivity index (χ0n) is 13.3. The fourth-order valence-electron chi connectivity index (χ4n) is 2.91. The minimum absolute atomic E-state index is 0. The maximum Gasteiger partial charge on any atom is 0.241 e. The molecule has 124 valence electrons. The van der Waals surface area contributed by atoms with E-state index in [0.717, 1.165) is 36.8 Å². The Morgan fingerprint density at radius 2 is 2.05 bits per heavy atom.